The summed E-state index contributed by atoms with van der Waals surface area (Å²) in [6.45, 7) is 7.59. The molecule has 2 unspecified atom stereocenters. The molecule has 2 atom stereocenters. The van der Waals surface area contributed by atoms with Gasteiger partial charge in [0.15, 0.2) is 4.75 Å². The maximum absolute atomic E-state index is 14.4. The van der Waals surface area contributed by atoms with E-state index in [-0.39, 0.29) is 26.9 Å². The third kappa shape index (κ3) is 7.86. The minimum atomic E-state index is -3.87. The molecule has 244 valence electrons. The standard InChI is InChI=1S/C36H43N2O6S2/c1-36(2,3)45(5)44-23-22-43-29-13-15-30(16-14-29)46(40,41)38(21-20-28-25-37-33-9-7-6-8-31(28)33)34-18-12-27-24-26(10-17-32(27)34)11-19-35(39)42-4/h6-11,13-17,19,24-25,34,37H,12,18,20-23H2,1-5H3/q+1/b19-11+. The second-order valence-electron chi connectivity index (χ2n) is 12.3. The summed E-state index contributed by atoms with van der Waals surface area (Å²) >= 11 is -0.198. The third-order valence-electron chi connectivity index (χ3n) is 8.36. The zero-order valence-electron chi connectivity index (χ0n) is 27.1. The molecule has 3 aromatic carbocycles. The molecule has 1 N–H and O–H groups in total. The Hall–Kier alpha value is -3.57. The zero-order chi connectivity index (χ0) is 32.9. The summed E-state index contributed by atoms with van der Waals surface area (Å²) in [6.07, 6.45) is 9.11. The van der Waals surface area contributed by atoms with Crippen LogP contribution in [0.1, 0.15) is 55.5 Å². The number of sulfonamides is 1. The predicted molar refractivity (Wildman–Crippen MR) is 185 cm³/mol. The topological polar surface area (TPSA) is 97.9 Å². The smallest absolute Gasteiger partial charge is 0.330 e. The molecule has 0 radical (unpaired) electrons. The minimum Gasteiger partial charge on any atom is -0.491 e. The Morgan fingerprint density at radius 3 is 2.57 bits per heavy atom. The Bertz CT molecular complexity index is 1790. The second kappa shape index (κ2) is 14.5. The summed E-state index contributed by atoms with van der Waals surface area (Å²) in [5.74, 6) is 0.173. The summed E-state index contributed by atoms with van der Waals surface area (Å²) in [6, 6.07) is 20.3. The lowest BCUT2D eigenvalue weighted by atomic mass is 10.0. The van der Waals surface area contributed by atoms with E-state index >= 15 is 0 Å². The van der Waals surface area contributed by atoms with Gasteiger partial charge in [0.1, 0.15) is 36.4 Å². The number of esters is 1. The lowest BCUT2D eigenvalue weighted by molar-refractivity contribution is -0.134. The third-order valence-corrected chi connectivity index (χ3v) is 12.5. The molecule has 8 nitrogen and oxygen atoms in total. The van der Waals surface area contributed by atoms with Crippen molar-refractivity contribution in [1.82, 2.24) is 9.29 Å². The van der Waals surface area contributed by atoms with Crippen molar-refractivity contribution in [2.75, 3.05) is 33.1 Å². The number of hydrogen-bond acceptors (Lipinski definition) is 6. The molecule has 1 aromatic heterocycles. The van der Waals surface area contributed by atoms with Crippen LogP contribution in [-0.2, 0) is 47.8 Å². The first kappa shape index (κ1) is 33.8. The number of aryl methyl sites for hydroxylation is 1. The summed E-state index contributed by atoms with van der Waals surface area (Å²) in [5, 5.41) is 1.09. The van der Waals surface area contributed by atoms with Crippen molar-refractivity contribution in [3.8, 4) is 5.75 Å². The Labute approximate surface area is 275 Å². The van der Waals surface area contributed by atoms with E-state index < -0.39 is 16.0 Å². The number of methoxy groups -OCH3 is 1. The number of ether oxygens (including phenoxy) is 2. The average Bonchev–Trinajstić information content (AvgIpc) is 3.65. The van der Waals surface area contributed by atoms with E-state index in [1.54, 1.807) is 34.6 Å². The number of carbonyl (C=O) groups is 1. The molecule has 4 aromatic rings. The van der Waals surface area contributed by atoms with Crippen LogP contribution in [0, 0.1) is 0 Å². The first-order valence-electron chi connectivity index (χ1n) is 15.5. The van der Waals surface area contributed by atoms with Crippen molar-refractivity contribution in [2.24, 2.45) is 0 Å². The van der Waals surface area contributed by atoms with Crippen molar-refractivity contribution in [3.05, 3.63) is 101 Å². The van der Waals surface area contributed by atoms with Gasteiger partial charge in [-0.05, 0) is 98.7 Å². The minimum absolute atomic E-state index is 0.0692. The number of nitrogens with one attached hydrogen (secondary N) is 1. The summed E-state index contributed by atoms with van der Waals surface area (Å²) < 4.78 is 47.0. The fraction of sp³-hybridized carbons (Fsp3) is 0.361. The maximum Gasteiger partial charge on any atom is 0.330 e. The summed E-state index contributed by atoms with van der Waals surface area (Å²) in [7, 11) is -2.53. The lowest BCUT2D eigenvalue weighted by Crippen LogP contribution is -2.35. The van der Waals surface area contributed by atoms with Crippen LogP contribution < -0.4 is 4.74 Å². The fourth-order valence-electron chi connectivity index (χ4n) is 5.60. The van der Waals surface area contributed by atoms with E-state index in [4.69, 9.17) is 13.7 Å². The van der Waals surface area contributed by atoms with Crippen molar-refractivity contribution < 1.29 is 26.9 Å². The number of benzene rings is 3. The summed E-state index contributed by atoms with van der Waals surface area (Å²) in [5.41, 5.74) is 5.04. The Morgan fingerprint density at radius 2 is 1.83 bits per heavy atom. The Balaban J connectivity index is 1.37. The number of carbonyl (C=O) groups excluding carboxylic acids is 1. The lowest BCUT2D eigenvalue weighted by Gasteiger charge is -2.29. The number of para-hydroxylation sites is 1. The first-order chi connectivity index (χ1) is 22.0. The number of H-pyrrole nitrogens is 1. The number of hydrogen-bond donors (Lipinski definition) is 1. The van der Waals surface area contributed by atoms with Gasteiger partial charge < -0.3 is 14.5 Å². The average molecular weight is 664 g/mol. The van der Waals surface area contributed by atoms with Crippen molar-refractivity contribution in [3.63, 3.8) is 0 Å². The number of aromatic nitrogens is 1. The van der Waals surface area contributed by atoms with E-state index in [0.29, 0.717) is 38.3 Å². The van der Waals surface area contributed by atoms with E-state index in [0.717, 1.165) is 39.6 Å². The molecule has 0 aliphatic heterocycles. The molecule has 0 bridgehead atoms. The largest absolute Gasteiger partial charge is 0.491 e. The molecule has 0 fully saturated rings. The number of fused-ring (bicyclic) bond motifs is 2. The van der Waals surface area contributed by atoms with Gasteiger partial charge in [-0.3, -0.25) is 0 Å². The highest BCUT2D eigenvalue weighted by Crippen LogP contribution is 2.40. The van der Waals surface area contributed by atoms with Gasteiger partial charge >= 0.3 is 5.97 Å². The SMILES string of the molecule is COC(=O)/C=C/c1ccc2c(c1)CCC2N(CCc1c[nH]c2ccccc12)S(=O)(=O)c1ccc(OCCO[S+](C)C(C)(C)C)cc1. The molecular formula is C36H43N2O6S2+. The van der Waals surface area contributed by atoms with E-state index in [2.05, 4.69) is 38.1 Å². The van der Waals surface area contributed by atoms with E-state index in [9.17, 15) is 13.2 Å². The van der Waals surface area contributed by atoms with Crippen LogP contribution in [0.25, 0.3) is 17.0 Å². The highest BCUT2D eigenvalue weighted by molar-refractivity contribution is 7.93. The number of aromatic amines is 1. The molecule has 1 aliphatic rings. The predicted octanol–water partition coefficient (Wildman–Crippen LogP) is 6.63. The Morgan fingerprint density at radius 1 is 1.07 bits per heavy atom. The van der Waals surface area contributed by atoms with Crippen molar-refractivity contribution >= 4 is 44.1 Å². The quantitative estimate of drug-likeness (QED) is 0.0747. The van der Waals surface area contributed by atoms with Gasteiger partial charge in [-0.25, -0.2) is 13.2 Å². The molecule has 0 saturated carbocycles. The number of rotatable bonds is 13. The van der Waals surface area contributed by atoms with Crippen molar-refractivity contribution in [1.29, 1.82) is 0 Å². The van der Waals surface area contributed by atoms with Gasteiger partial charge in [-0.2, -0.15) is 8.49 Å². The van der Waals surface area contributed by atoms with E-state index in [1.165, 1.54) is 13.2 Å². The molecule has 0 amide bonds. The normalized spacial score (nSPS) is 15.8. The molecule has 46 heavy (non-hydrogen) atoms. The van der Waals surface area contributed by atoms with E-state index in [1.807, 2.05) is 42.6 Å². The fourth-order valence-corrected chi connectivity index (χ4v) is 7.91. The van der Waals surface area contributed by atoms with Crippen LogP contribution in [0.5, 0.6) is 5.75 Å². The monoisotopic (exact) mass is 663 g/mol. The van der Waals surface area contributed by atoms with Gasteiger partial charge in [0.25, 0.3) is 0 Å². The molecule has 1 heterocycles. The van der Waals surface area contributed by atoms with Gasteiger partial charge in [-0.1, -0.05) is 36.4 Å². The van der Waals surface area contributed by atoms with Gasteiger partial charge in [0.2, 0.25) is 10.0 Å². The molecule has 5 rings (SSSR count). The second-order valence-corrected chi connectivity index (χ2v) is 16.6. The molecule has 0 saturated heterocycles. The van der Waals surface area contributed by atoms with Crippen LogP contribution in [0.15, 0.2) is 83.9 Å². The summed E-state index contributed by atoms with van der Waals surface area (Å²) in [4.78, 5) is 15.1. The molecule has 10 heteroatoms. The first-order valence-corrected chi connectivity index (χ1v) is 18.4. The van der Waals surface area contributed by atoms with Gasteiger partial charge in [0, 0.05) is 29.7 Å². The maximum atomic E-state index is 14.4. The van der Waals surface area contributed by atoms with Crippen LogP contribution in [0.4, 0.5) is 0 Å². The van der Waals surface area contributed by atoms with Crippen LogP contribution >= 0.6 is 0 Å². The highest BCUT2D eigenvalue weighted by Gasteiger charge is 2.36. The molecular weight excluding hydrogens is 621 g/mol. The van der Waals surface area contributed by atoms with Crippen LogP contribution in [0.2, 0.25) is 0 Å². The van der Waals surface area contributed by atoms with Gasteiger partial charge in [-0.15, -0.1) is 0 Å². The van der Waals surface area contributed by atoms with Crippen LogP contribution in [0.3, 0.4) is 0 Å². The Kier molecular flexibility index (Phi) is 10.6. The molecule has 0 spiro atoms. The van der Waals surface area contributed by atoms with Gasteiger partial charge in [0.05, 0.1) is 18.0 Å². The number of nitrogens with zero attached hydrogens (tertiary/aromatic N) is 1. The van der Waals surface area contributed by atoms with Crippen LogP contribution in [-0.4, -0.2) is 61.5 Å². The highest BCUT2D eigenvalue weighted by atomic mass is 32.2. The molecule has 1 aliphatic carbocycles. The zero-order valence-corrected chi connectivity index (χ0v) is 28.7. The van der Waals surface area contributed by atoms with Crippen molar-refractivity contribution in [2.45, 2.75) is 55.7 Å².